The van der Waals surface area contributed by atoms with Crippen LogP contribution in [0.25, 0.3) is 0 Å². The molecule has 22 heavy (non-hydrogen) atoms. The highest BCUT2D eigenvalue weighted by Gasteiger charge is 2.12. The van der Waals surface area contributed by atoms with Crippen molar-refractivity contribution in [1.82, 2.24) is 19.7 Å². The Morgan fingerprint density at radius 2 is 2.18 bits per heavy atom. The minimum atomic E-state index is -0.462. The van der Waals surface area contributed by atoms with Gasteiger partial charge in [-0.3, -0.25) is 4.79 Å². The van der Waals surface area contributed by atoms with E-state index in [-0.39, 0.29) is 11.4 Å². The van der Waals surface area contributed by atoms with E-state index in [0.29, 0.717) is 12.2 Å². The number of amides is 1. The smallest absolute Gasteiger partial charge is 0.278 e. The summed E-state index contributed by atoms with van der Waals surface area (Å²) in [6.07, 6.45) is 4.54. The number of carbonyl (C=O) groups excluding carboxylic acids is 1. The highest BCUT2D eigenvalue weighted by atomic mass is 16.3. The molecule has 2 N–H and O–H groups in total. The third kappa shape index (κ3) is 3.09. The van der Waals surface area contributed by atoms with E-state index in [1.54, 1.807) is 23.1 Å². The van der Waals surface area contributed by atoms with Crippen LogP contribution in [0.1, 0.15) is 16.1 Å². The van der Waals surface area contributed by atoms with E-state index >= 15 is 0 Å². The van der Waals surface area contributed by atoms with Crippen molar-refractivity contribution in [2.75, 3.05) is 5.32 Å². The number of aromatic nitrogens is 4. The van der Waals surface area contributed by atoms with Gasteiger partial charge in [-0.1, -0.05) is 12.1 Å². The van der Waals surface area contributed by atoms with Gasteiger partial charge in [-0.05, 0) is 29.8 Å². The first-order valence-corrected chi connectivity index (χ1v) is 6.59. The van der Waals surface area contributed by atoms with Gasteiger partial charge < -0.3 is 10.4 Å². The molecule has 1 aromatic carbocycles. The molecule has 0 aliphatic carbocycles. The molecule has 7 nitrogen and oxygen atoms in total. The zero-order chi connectivity index (χ0) is 15.4. The topological polar surface area (TPSA) is 92.9 Å². The summed E-state index contributed by atoms with van der Waals surface area (Å²) in [6, 6.07) is 10.3. The molecule has 2 heterocycles. The van der Waals surface area contributed by atoms with Crippen molar-refractivity contribution < 1.29 is 9.90 Å². The van der Waals surface area contributed by atoms with Crippen LogP contribution >= 0.6 is 0 Å². The lowest BCUT2D eigenvalue weighted by Gasteiger charge is -2.08. The maximum Gasteiger partial charge on any atom is 0.278 e. The quantitative estimate of drug-likeness (QED) is 0.764. The molecule has 0 fully saturated rings. The Morgan fingerprint density at radius 3 is 2.95 bits per heavy atom. The zero-order valence-corrected chi connectivity index (χ0v) is 11.5. The third-order valence-corrected chi connectivity index (χ3v) is 3.00. The number of carbonyl (C=O) groups is 1. The molecule has 0 aliphatic rings. The van der Waals surface area contributed by atoms with Gasteiger partial charge >= 0.3 is 0 Å². The van der Waals surface area contributed by atoms with Gasteiger partial charge in [0.15, 0.2) is 5.69 Å². The Balaban J connectivity index is 1.75. The summed E-state index contributed by atoms with van der Waals surface area (Å²) < 4.78 is 1.69. The molecule has 0 saturated heterocycles. The summed E-state index contributed by atoms with van der Waals surface area (Å²) in [5, 5.41) is 16.4. The molecule has 0 atom stereocenters. The second-order valence-corrected chi connectivity index (χ2v) is 4.62. The molecule has 0 radical (unpaired) electrons. The van der Waals surface area contributed by atoms with Crippen LogP contribution in [-0.2, 0) is 6.54 Å². The van der Waals surface area contributed by atoms with E-state index < -0.39 is 5.91 Å². The van der Waals surface area contributed by atoms with Crippen molar-refractivity contribution in [2.24, 2.45) is 0 Å². The minimum absolute atomic E-state index is 0.0100. The van der Waals surface area contributed by atoms with Crippen LogP contribution in [0.4, 0.5) is 5.69 Å². The van der Waals surface area contributed by atoms with Gasteiger partial charge in [0.2, 0.25) is 0 Å². The van der Waals surface area contributed by atoms with Gasteiger partial charge in [0.1, 0.15) is 18.4 Å². The SMILES string of the molecule is O=C(Nc1cccc(Cn2cncn2)c1)c1ncccc1O. The molecule has 0 saturated carbocycles. The average Bonchev–Trinajstić information content (AvgIpc) is 3.01. The Hall–Kier alpha value is -3.22. The summed E-state index contributed by atoms with van der Waals surface area (Å²) in [6.45, 7) is 0.554. The number of aromatic hydroxyl groups is 1. The Morgan fingerprint density at radius 1 is 1.27 bits per heavy atom. The third-order valence-electron chi connectivity index (χ3n) is 3.00. The van der Waals surface area contributed by atoms with E-state index in [2.05, 4.69) is 20.4 Å². The molecule has 7 heteroatoms. The Labute approximate surface area is 126 Å². The summed E-state index contributed by atoms with van der Waals surface area (Å²) in [7, 11) is 0. The molecule has 0 unspecified atom stereocenters. The first-order chi connectivity index (χ1) is 10.7. The van der Waals surface area contributed by atoms with Gasteiger partial charge in [-0.25, -0.2) is 14.6 Å². The second kappa shape index (κ2) is 6.04. The largest absolute Gasteiger partial charge is 0.505 e. The molecule has 3 aromatic rings. The number of nitrogens with zero attached hydrogens (tertiary/aromatic N) is 4. The number of anilines is 1. The summed E-state index contributed by atoms with van der Waals surface area (Å²) in [4.78, 5) is 19.9. The predicted molar refractivity (Wildman–Crippen MR) is 79.4 cm³/mol. The molecule has 0 bridgehead atoms. The maximum absolute atomic E-state index is 12.1. The monoisotopic (exact) mass is 295 g/mol. The maximum atomic E-state index is 12.1. The lowest BCUT2D eigenvalue weighted by atomic mass is 10.2. The van der Waals surface area contributed by atoms with Crippen molar-refractivity contribution >= 4 is 11.6 Å². The highest BCUT2D eigenvalue weighted by molar-refractivity contribution is 6.04. The number of pyridine rings is 1. The standard InChI is InChI=1S/C15H13N5O2/c21-13-5-2-6-17-14(13)15(22)19-12-4-1-3-11(7-12)8-20-10-16-9-18-20/h1-7,9-10,21H,8H2,(H,19,22). The van der Waals surface area contributed by atoms with Crippen LogP contribution in [0.5, 0.6) is 5.75 Å². The van der Waals surface area contributed by atoms with Gasteiger partial charge in [-0.2, -0.15) is 5.10 Å². The average molecular weight is 295 g/mol. The number of hydrogen-bond acceptors (Lipinski definition) is 5. The second-order valence-electron chi connectivity index (χ2n) is 4.62. The molecule has 1 amide bonds. The van der Waals surface area contributed by atoms with Crippen LogP contribution in [0.3, 0.4) is 0 Å². The van der Waals surface area contributed by atoms with Crippen molar-refractivity contribution in [3.63, 3.8) is 0 Å². The normalized spacial score (nSPS) is 10.4. The lowest BCUT2D eigenvalue weighted by Crippen LogP contribution is -2.14. The van der Waals surface area contributed by atoms with Crippen molar-refractivity contribution in [1.29, 1.82) is 0 Å². The van der Waals surface area contributed by atoms with Crippen molar-refractivity contribution in [3.05, 3.63) is 66.5 Å². The van der Waals surface area contributed by atoms with Crippen molar-refractivity contribution in [3.8, 4) is 5.75 Å². The summed E-state index contributed by atoms with van der Waals surface area (Å²) >= 11 is 0. The fourth-order valence-electron chi connectivity index (χ4n) is 2.01. The van der Waals surface area contributed by atoms with Crippen LogP contribution in [0.2, 0.25) is 0 Å². The van der Waals surface area contributed by atoms with Gasteiger partial charge in [0, 0.05) is 11.9 Å². The van der Waals surface area contributed by atoms with Crippen LogP contribution < -0.4 is 5.32 Å². The van der Waals surface area contributed by atoms with Crippen LogP contribution in [0, 0.1) is 0 Å². The first kappa shape index (κ1) is 13.7. The fourth-order valence-corrected chi connectivity index (χ4v) is 2.01. The van der Waals surface area contributed by atoms with Gasteiger partial charge in [-0.15, -0.1) is 0 Å². The molecule has 0 aliphatic heterocycles. The molecule has 3 rings (SSSR count). The van der Waals surface area contributed by atoms with E-state index in [9.17, 15) is 9.90 Å². The fraction of sp³-hybridized carbons (Fsp3) is 0.0667. The first-order valence-electron chi connectivity index (χ1n) is 6.59. The summed E-state index contributed by atoms with van der Waals surface area (Å²) in [5.41, 5.74) is 1.57. The van der Waals surface area contributed by atoms with Gasteiger partial charge in [0.05, 0.1) is 6.54 Å². The highest BCUT2D eigenvalue weighted by Crippen LogP contribution is 2.16. The molecular weight excluding hydrogens is 282 g/mol. The van der Waals surface area contributed by atoms with Crippen LogP contribution in [-0.4, -0.2) is 30.8 Å². The predicted octanol–water partition coefficient (Wildman–Crippen LogP) is 1.68. The van der Waals surface area contributed by atoms with E-state index in [0.717, 1.165) is 5.56 Å². The van der Waals surface area contributed by atoms with Crippen molar-refractivity contribution in [2.45, 2.75) is 6.54 Å². The summed E-state index contributed by atoms with van der Waals surface area (Å²) in [5.74, 6) is -0.616. The molecule has 110 valence electrons. The minimum Gasteiger partial charge on any atom is -0.505 e. The Bertz CT molecular complexity index is 786. The molecular formula is C15H13N5O2. The Kier molecular flexibility index (Phi) is 3.78. The van der Waals surface area contributed by atoms with Gasteiger partial charge in [0.25, 0.3) is 5.91 Å². The van der Waals surface area contributed by atoms with Crippen LogP contribution in [0.15, 0.2) is 55.2 Å². The van der Waals surface area contributed by atoms with E-state index in [1.165, 1.54) is 18.6 Å². The number of nitrogens with one attached hydrogen (secondary N) is 1. The number of hydrogen-bond donors (Lipinski definition) is 2. The van der Waals surface area contributed by atoms with E-state index in [1.807, 2.05) is 18.2 Å². The molecule has 2 aromatic heterocycles. The number of benzene rings is 1. The van der Waals surface area contributed by atoms with E-state index in [4.69, 9.17) is 0 Å². The zero-order valence-electron chi connectivity index (χ0n) is 11.5. The lowest BCUT2D eigenvalue weighted by molar-refractivity contribution is 0.101. The molecule has 0 spiro atoms. The number of rotatable bonds is 4.